The van der Waals surface area contributed by atoms with Crippen LogP contribution in [0, 0.1) is 5.92 Å². The SMILES string of the molecule is CCC(C)C[CH2][Sc]. The predicted molar refractivity (Wildman–Crippen MR) is 28.9 cm³/mol. The Morgan fingerprint density at radius 1 is 1.57 bits per heavy atom. The van der Waals surface area contributed by atoms with E-state index in [4.69, 9.17) is 0 Å². The molecule has 0 aliphatic carbocycles. The third kappa shape index (κ3) is 4.73. The molecule has 0 saturated carbocycles. The van der Waals surface area contributed by atoms with Gasteiger partial charge in [-0.3, -0.25) is 0 Å². The normalized spacial score (nSPS) is 13.9. The standard InChI is InChI=1S/C6H13.Sc/c1-4-6(3)5-2;/h6H,1,4-5H2,2-3H3;. The van der Waals surface area contributed by atoms with Crippen molar-refractivity contribution in [2.24, 2.45) is 5.92 Å². The molecule has 0 N–H and O–H groups in total. The van der Waals surface area contributed by atoms with E-state index in [-0.39, 0.29) is 0 Å². The van der Waals surface area contributed by atoms with Crippen LogP contribution < -0.4 is 0 Å². The maximum atomic E-state index is 2.32. The molecule has 0 aliphatic rings. The second kappa shape index (κ2) is 5.02. The molecule has 1 atom stereocenters. The van der Waals surface area contributed by atoms with E-state index >= 15 is 0 Å². The molecule has 0 nitrogen and oxygen atoms in total. The molecule has 0 aliphatic heterocycles. The van der Waals surface area contributed by atoms with Crippen molar-refractivity contribution >= 4 is 0 Å². The molecule has 0 heterocycles. The summed E-state index contributed by atoms with van der Waals surface area (Å²) in [6.45, 7) is 4.58. The van der Waals surface area contributed by atoms with Crippen molar-refractivity contribution in [3.8, 4) is 0 Å². The monoisotopic (exact) mass is 130 g/mol. The molecule has 0 amide bonds. The van der Waals surface area contributed by atoms with Gasteiger partial charge < -0.3 is 0 Å². The molecule has 0 aromatic heterocycles. The van der Waals surface area contributed by atoms with E-state index in [1.165, 1.54) is 17.0 Å². The molecule has 1 heteroatoms. The van der Waals surface area contributed by atoms with E-state index in [9.17, 15) is 0 Å². The first-order valence-electron chi connectivity index (χ1n) is 3.01. The molecule has 0 aromatic rings. The van der Waals surface area contributed by atoms with Crippen LogP contribution >= 0.6 is 0 Å². The second-order valence-corrected chi connectivity index (χ2v) is 2.99. The van der Waals surface area contributed by atoms with Gasteiger partial charge >= 0.3 is 61.2 Å². The first-order chi connectivity index (χ1) is 3.31. The summed E-state index contributed by atoms with van der Waals surface area (Å²) >= 11 is 1.86. The van der Waals surface area contributed by atoms with Gasteiger partial charge in [0, 0.05) is 0 Å². The van der Waals surface area contributed by atoms with E-state index in [1.54, 1.807) is 0 Å². The molecule has 0 bridgehead atoms. The van der Waals surface area contributed by atoms with Crippen LogP contribution in [0.4, 0.5) is 0 Å². The molecule has 0 aromatic carbocycles. The fourth-order valence-electron chi connectivity index (χ4n) is 0.489. The fraction of sp³-hybridized carbons (Fsp3) is 1.00. The Bertz CT molecular complexity index is 35.2. The van der Waals surface area contributed by atoms with Gasteiger partial charge in [-0.15, -0.1) is 0 Å². The van der Waals surface area contributed by atoms with Gasteiger partial charge in [0.1, 0.15) is 0 Å². The molecule has 1 unspecified atom stereocenters. The summed E-state index contributed by atoms with van der Waals surface area (Å²) < 4.78 is 1.40. The average Bonchev–Trinajstić information content (AvgIpc) is 1.68. The third-order valence-electron chi connectivity index (χ3n) is 1.36. The molecule has 0 radical (unpaired) electrons. The second-order valence-electron chi connectivity index (χ2n) is 2.09. The van der Waals surface area contributed by atoms with Gasteiger partial charge in [0.05, 0.1) is 0 Å². The summed E-state index contributed by atoms with van der Waals surface area (Å²) in [7, 11) is 0. The summed E-state index contributed by atoms with van der Waals surface area (Å²) in [6.07, 6.45) is 2.78. The maximum absolute atomic E-state index is 2.32. The van der Waals surface area contributed by atoms with Gasteiger partial charge in [-0.05, 0) is 0 Å². The fourth-order valence-corrected chi connectivity index (χ4v) is 1.38. The van der Waals surface area contributed by atoms with Crippen molar-refractivity contribution in [2.75, 3.05) is 0 Å². The average molecular weight is 130 g/mol. The Balaban J connectivity index is 2.83. The van der Waals surface area contributed by atoms with Crippen LogP contribution in [-0.4, -0.2) is 0 Å². The minimum atomic E-state index is 0.965. The molecular weight excluding hydrogens is 117 g/mol. The Hall–Kier alpha value is 0.870. The third-order valence-corrected chi connectivity index (χ3v) is 1.88. The number of hydrogen-bond acceptors (Lipinski definition) is 0. The van der Waals surface area contributed by atoms with Crippen LogP contribution in [-0.2, 0) is 24.4 Å². The van der Waals surface area contributed by atoms with E-state index in [1.807, 2.05) is 24.4 Å². The van der Waals surface area contributed by atoms with Gasteiger partial charge in [-0.2, -0.15) is 0 Å². The van der Waals surface area contributed by atoms with Crippen molar-refractivity contribution in [1.82, 2.24) is 0 Å². The van der Waals surface area contributed by atoms with E-state index in [0.717, 1.165) is 5.92 Å². The minimum absolute atomic E-state index is 0.965. The predicted octanol–water partition coefficient (Wildman–Crippen LogP) is 2.39. The Kier molecular flexibility index (Phi) is 5.64. The summed E-state index contributed by atoms with van der Waals surface area (Å²) in [6, 6.07) is 0. The molecule has 0 fully saturated rings. The zero-order valence-electron chi connectivity index (χ0n) is 5.28. The summed E-state index contributed by atoms with van der Waals surface area (Å²) in [5, 5.41) is 0. The first-order valence-corrected chi connectivity index (χ1v) is 4.28. The molecule has 0 saturated heterocycles. The zero-order chi connectivity index (χ0) is 5.70. The topological polar surface area (TPSA) is 0 Å². The van der Waals surface area contributed by atoms with Crippen molar-refractivity contribution in [3.63, 3.8) is 0 Å². The Morgan fingerprint density at radius 3 is 2.29 bits per heavy atom. The van der Waals surface area contributed by atoms with Crippen LogP contribution in [0.25, 0.3) is 0 Å². The zero-order valence-corrected chi connectivity index (χ0v) is 7.08. The number of hydrogen-bond donors (Lipinski definition) is 0. The van der Waals surface area contributed by atoms with Crippen LogP contribution in [0.5, 0.6) is 0 Å². The van der Waals surface area contributed by atoms with Gasteiger partial charge in [-0.25, -0.2) is 0 Å². The molecule has 0 rings (SSSR count). The van der Waals surface area contributed by atoms with E-state index < -0.39 is 0 Å². The van der Waals surface area contributed by atoms with Gasteiger partial charge in [0.15, 0.2) is 0 Å². The van der Waals surface area contributed by atoms with Crippen LogP contribution in [0.3, 0.4) is 0 Å². The summed E-state index contributed by atoms with van der Waals surface area (Å²) in [4.78, 5) is 0. The molecular formula is C6H13Sc. The summed E-state index contributed by atoms with van der Waals surface area (Å²) in [5.41, 5.74) is 0. The molecule has 40 valence electrons. The Morgan fingerprint density at radius 2 is 2.14 bits per heavy atom. The van der Waals surface area contributed by atoms with Crippen molar-refractivity contribution in [3.05, 3.63) is 0 Å². The molecule has 7 heavy (non-hydrogen) atoms. The number of rotatable bonds is 3. The van der Waals surface area contributed by atoms with E-state index in [0.29, 0.717) is 0 Å². The van der Waals surface area contributed by atoms with E-state index in [2.05, 4.69) is 13.8 Å². The van der Waals surface area contributed by atoms with Crippen LogP contribution in [0.15, 0.2) is 0 Å². The van der Waals surface area contributed by atoms with Gasteiger partial charge in [0.2, 0.25) is 0 Å². The van der Waals surface area contributed by atoms with Crippen molar-refractivity contribution in [2.45, 2.75) is 30.9 Å². The first kappa shape index (κ1) is 7.87. The van der Waals surface area contributed by atoms with Crippen LogP contribution in [0.2, 0.25) is 4.18 Å². The van der Waals surface area contributed by atoms with Crippen LogP contribution in [0.1, 0.15) is 26.7 Å². The van der Waals surface area contributed by atoms with Gasteiger partial charge in [-0.1, -0.05) is 0 Å². The van der Waals surface area contributed by atoms with Crippen molar-refractivity contribution < 1.29 is 24.4 Å². The van der Waals surface area contributed by atoms with Crippen molar-refractivity contribution in [1.29, 1.82) is 0 Å². The summed E-state index contributed by atoms with van der Waals surface area (Å²) in [5.74, 6) is 0.965. The Labute approximate surface area is 61.3 Å². The quantitative estimate of drug-likeness (QED) is 0.550. The molecule has 0 spiro atoms. The van der Waals surface area contributed by atoms with Gasteiger partial charge in [0.25, 0.3) is 0 Å².